The lowest BCUT2D eigenvalue weighted by atomic mass is 10.1. The Kier molecular flexibility index (Phi) is 4.84. The van der Waals surface area contributed by atoms with Gasteiger partial charge in [0, 0.05) is 23.5 Å². The standard InChI is InChI=1S/C21H25N7O2/c1-14-3-2-4-19(14)27-10-16(8-24-27)21-20-5-6-22-28(20)12-18(25-21)15-7-23-26(9-15)11-17(30)13-29/h5-10,12,14,17,19,29-30H,2-4,11,13H2,1H3/t14-,17?,19+/m1/s1. The molecular weight excluding hydrogens is 382 g/mol. The SMILES string of the molecule is C[C@@H]1CCC[C@@H]1n1cc(-c2nc(-c3cnn(CC(O)CO)c3)cn3nccc23)cn1. The van der Waals surface area contributed by atoms with Crippen molar-refractivity contribution in [2.24, 2.45) is 5.92 Å². The smallest absolute Gasteiger partial charge is 0.0999 e. The molecule has 3 atom stereocenters. The third-order valence-corrected chi connectivity index (χ3v) is 5.96. The number of aliphatic hydroxyl groups excluding tert-OH is 2. The maximum Gasteiger partial charge on any atom is 0.0999 e. The minimum Gasteiger partial charge on any atom is -0.394 e. The third kappa shape index (κ3) is 3.40. The Balaban J connectivity index is 1.52. The van der Waals surface area contributed by atoms with Crippen LogP contribution in [0.25, 0.3) is 28.0 Å². The van der Waals surface area contributed by atoms with Crippen molar-refractivity contribution in [1.29, 1.82) is 0 Å². The number of fused-ring (bicyclic) bond motifs is 1. The predicted molar refractivity (Wildman–Crippen MR) is 111 cm³/mol. The Morgan fingerprint density at radius 1 is 1.10 bits per heavy atom. The van der Waals surface area contributed by atoms with Gasteiger partial charge in [0.2, 0.25) is 0 Å². The lowest BCUT2D eigenvalue weighted by molar-refractivity contribution is 0.0783. The maximum atomic E-state index is 9.66. The number of hydrogen-bond donors (Lipinski definition) is 2. The van der Waals surface area contributed by atoms with Crippen LogP contribution in [-0.2, 0) is 6.54 Å². The molecule has 1 aliphatic carbocycles. The second-order valence-corrected chi connectivity index (χ2v) is 8.11. The maximum absolute atomic E-state index is 9.66. The van der Waals surface area contributed by atoms with E-state index in [9.17, 15) is 5.11 Å². The van der Waals surface area contributed by atoms with Crippen LogP contribution in [0.3, 0.4) is 0 Å². The van der Waals surface area contributed by atoms with Crippen LogP contribution < -0.4 is 0 Å². The summed E-state index contributed by atoms with van der Waals surface area (Å²) in [6, 6.07) is 2.39. The Hall–Kier alpha value is -3.04. The lowest BCUT2D eigenvalue weighted by Gasteiger charge is -2.15. The fourth-order valence-corrected chi connectivity index (χ4v) is 4.31. The van der Waals surface area contributed by atoms with Gasteiger partial charge in [-0.2, -0.15) is 15.3 Å². The molecule has 30 heavy (non-hydrogen) atoms. The van der Waals surface area contributed by atoms with Crippen molar-refractivity contribution >= 4 is 5.52 Å². The molecule has 4 aromatic rings. The van der Waals surface area contributed by atoms with Crippen LogP contribution in [0, 0.1) is 5.92 Å². The van der Waals surface area contributed by atoms with Crippen molar-refractivity contribution in [1.82, 2.24) is 34.2 Å². The number of hydrogen-bond acceptors (Lipinski definition) is 6. The van der Waals surface area contributed by atoms with Crippen LogP contribution in [0.5, 0.6) is 0 Å². The average molecular weight is 407 g/mol. The monoisotopic (exact) mass is 407 g/mol. The Labute approximate surface area is 173 Å². The first-order valence-electron chi connectivity index (χ1n) is 10.3. The molecule has 0 aliphatic heterocycles. The van der Waals surface area contributed by atoms with Gasteiger partial charge in [0.1, 0.15) is 0 Å². The third-order valence-electron chi connectivity index (χ3n) is 5.96. The van der Waals surface area contributed by atoms with Crippen LogP contribution in [0.15, 0.2) is 43.2 Å². The first kappa shape index (κ1) is 19.0. The topological polar surface area (TPSA) is 106 Å². The summed E-state index contributed by atoms with van der Waals surface area (Å²) in [7, 11) is 0. The summed E-state index contributed by atoms with van der Waals surface area (Å²) in [6.45, 7) is 2.21. The number of rotatable bonds is 6. The fourth-order valence-electron chi connectivity index (χ4n) is 4.31. The second kappa shape index (κ2) is 7.66. The molecule has 9 heteroatoms. The molecule has 9 nitrogen and oxygen atoms in total. The van der Waals surface area contributed by atoms with Gasteiger partial charge in [0.05, 0.1) is 67.0 Å². The van der Waals surface area contributed by atoms with Gasteiger partial charge in [-0.05, 0) is 24.8 Å². The van der Waals surface area contributed by atoms with Crippen LogP contribution in [0.1, 0.15) is 32.2 Å². The molecule has 0 saturated heterocycles. The normalized spacial score (nSPS) is 20.2. The van der Waals surface area contributed by atoms with Crippen molar-refractivity contribution in [3.8, 4) is 22.5 Å². The van der Waals surface area contributed by atoms with E-state index in [2.05, 4.69) is 33.1 Å². The summed E-state index contributed by atoms with van der Waals surface area (Å²) in [5.74, 6) is 0.632. The largest absolute Gasteiger partial charge is 0.394 e. The molecule has 0 aromatic carbocycles. The summed E-state index contributed by atoms with van der Waals surface area (Å²) in [5, 5.41) is 32.0. The van der Waals surface area contributed by atoms with E-state index in [0.717, 1.165) is 34.5 Å². The van der Waals surface area contributed by atoms with E-state index in [1.807, 2.05) is 29.2 Å². The molecule has 0 amide bonds. The van der Waals surface area contributed by atoms with Gasteiger partial charge in [-0.1, -0.05) is 13.3 Å². The minimum absolute atomic E-state index is 0.222. The highest BCUT2D eigenvalue weighted by atomic mass is 16.3. The van der Waals surface area contributed by atoms with E-state index in [4.69, 9.17) is 10.1 Å². The van der Waals surface area contributed by atoms with E-state index in [-0.39, 0.29) is 13.2 Å². The zero-order valence-electron chi connectivity index (χ0n) is 16.8. The summed E-state index contributed by atoms with van der Waals surface area (Å²) in [4.78, 5) is 4.91. The van der Waals surface area contributed by atoms with Crippen molar-refractivity contribution in [2.75, 3.05) is 6.61 Å². The number of aromatic nitrogens is 7. The Bertz CT molecular complexity index is 1160. The molecule has 1 aliphatic rings. The molecule has 4 aromatic heterocycles. The van der Waals surface area contributed by atoms with Crippen LogP contribution in [0.2, 0.25) is 0 Å². The predicted octanol–water partition coefficient (Wildman–Crippen LogP) is 2.17. The van der Waals surface area contributed by atoms with Gasteiger partial charge in [-0.25, -0.2) is 9.50 Å². The zero-order valence-corrected chi connectivity index (χ0v) is 16.8. The highest BCUT2D eigenvalue weighted by Gasteiger charge is 2.26. The quantitative estimate of drug-likeness (QED) is 0.507. The van der Waals surface area contributed by atoms with Crippen molar-refractivity contribution < 1.29 is 10.2 Å². The van der Waals surface area contributed by atoms with Crippen LogP contribution >= 0.6 is 0 Å². The van der Waals surface area contributed by atoms with Crippen molar-refractivity contribution in [2.45, 2.75) is 44.9 Å². The van der Waals surface area contributed by atoms with Gasteiger partial charge in [-0.15, -0.1) is 0 Å². The summed E-state index contributed by atoms with van der Waals surface area (Å²) >= 11 is 0. The van der Waals surface area contributed by atoms with E-state index >= 15 is 0 Å². The molecular formula is C21H25N7O2. The molecule has 0 radical (unpaired) electrons. The molecule has 1 saturated carbocycles. The van der Waals surface area contributed by atoms with Gasteiger partial charge in [0.25, 0.3) is 0 Å². The minimum atomic E-state index is -0.848. The van der Waals surface area contributed by atoms with E-state index < -0.39 is 6.10 Å². The molecule has 2 N–H and O–H groups in total. The molecule has 1 unspecified atom stereocenters. The Morgan fingerprint density at radius 2 is 1.97 bits per heavy atom. The van der Waals surface area contributed by atoms with Gasteiger partial charge in [-0.3, -0.25) is 9.36 Å². The van der Waals surface area contributed by atoms with E-state index in [1.165, 1.54) is 12.8 Å². The van der Waals surface area contributed by atoms with Gasteiger partial charge in [0.15, 0.2) is 0 Å². The highest BCUT2D eigenvalue weighted by Crippen LogP contribution is 2.36. The molecule has 4 heterocycles. The molecule has 5 rings (SSSR count). The second-order valence-electron chi connectivity index (χ2n) is 8.11. The zero-order chi connectivity index (χ0) is 20.7. The van der Waals surface area contributed by atoms with Crippen LogP contribution in [0.4, 0.5) is 0 Å². The first-order valence-corrected chi connectivity index (χ1v) is 10.3. The molecule has 156 valence electrons. The summed E-state index contributed by atoms with van der Waals surface area (Å²) in [6.07, 6.45) is 13.9. The average Bonchev–Trinajstić information content (AvgIpc) is 3.53. The Morgan fingerprint density at radius 3 is 2.77 bits per heavy atom. The number of nitrogens with zero attached hydrogens (tertiary/aromatic N) is 7. The summed E-state index contributed by atoms with van der Waals surface area (Å²) in [5.41, 5.74) is 4.25. The van der Waals surface area contributed by atoms with Crippen molar-refractivity contribution in [3.63, 3.8) is 0 Å². The van der Waals surface area contributed by atoms with Gasteiger partial charge < -0.3 is 10.2 Å². The molecule has 0 spiro atoms. The lowest BCUT2D eigenvalue weighted by Crippen LogP contribution is -2.19. The number of aliphatic hydroxyl groups is 2. The summed E-state index contributed by atoms with van der Waals surface area (Å²) < 4.78 is 5.50. The van der Waals surface area contributed by atoms with E-state index in [1.54, 1.807) is 17.1 Å². The highest BCUT2D eigenvalue weighted by molar-refractivity contribution is 5.78. The fraction of sp³-hybridized carbons (Fsp3) is 0.429. The first-order chi connectivity index (χ1) is 14.6. The molecule has 1 fully saturated rings. The van der Waals surface area contributed by atoms with Gasteiger partial charge >= 0.3 is 0 Å². The van der Waals surface area contributed by atoms with Crippen molar-refractivity contribution in [3.05, 3.63) is 43.2 Å². The van der Waals surface area contributed by atoms with Crippen LogP contribution in [-0.4, -0.2) is 57.1 Å². The molecule has 0 bridgehead atoms. The van der Waals surface area contributed by atoms with E-state index in [0.29, 0.717) is 12.0 Å².